The molecular formula is C19H29N3O4. The van der Waals surface area contributed by atoms with Crippen molar-refractivity contribution in [2.75, 3.05) is 26.8 Å². The number of carbonyl (C=O) groups is 1. The van der Waals surface area contributed by atoms with Gasteiger partial charge >= 0.3 is 0 Å². The third-order valence-corrected chi connectivity index (χ3v) is 5.69. The molecule has 0 saturated carbocycles. The highest BCUT2D eigenvalue weighted by Gasteiger charge is 2.53. The van der Waals surface area contributed by atoms with Crippen LogP contribution < -0.4 is 10.1 Å². The summed E-state index contributed by atoms with van der Waals surface area (Å²) in [6.45, 7) is 6.43. The van der Waals surface area contributed by atoms with Gasteiger partial charge in [0, 0.05) is 45.4 Å². The summed E-state index contributed by atoms with van der Waals surface area (Å²) in [7, 11) is 1.62. The zero-order valence-electron chi connectivity index (χ0n) is 15.8. The molecule has 7 heteroatoms. The first kappa shape index (κ1) is 19.1. The van der Waals surface area contributed by atoms with Crippen molar-refractivity contribution in [3.8, 4) is 5.88 Å². The quantitative estimate of drug-likeness (QED) is 0.834. The van der Waals surface area contributed by atoms with Crippen molar-refractivity contribution in [3.63, 3.8) is 0 Å². The van der Waals surface area contributed by atoms with Gasteiger partial charge in [-0.1, -0.05) is 0 Å². The number of nitrogens with one attached hydrogen (secondary N) is 1. The molecule has 0 radical (unpaired) electrons. The molecule has 26 heavy (non-hydrogen) atoms. The monoisotopic (exact) mass is 363 g/mol. The van der Waals surface area contributed by atoms with Crippen LogP contribution in [0.3, 0.4) is 0 Å². The van der Waals surface area contributed by atoms with Gasteiger partial charge in [-0.2, -0.15) is 0 Å². The van der Waals surface area contributed by atoms with Crippen LogP contribution in [0.15, 0.2) is 18.3 Å². The fourth-order valence-electron chi connectivity index (χ4n) is 4.22. The van der Waals surface area contributed by atoms with E-state index in [4.69, 9.17) is 9.47 Å². The van der Waals surface area contributed by atoms with Crippen LogP contribution in [0.1, 0.15) is 38.7 Å². The molecule has 0 bridgehead atoms. The van der Waals surface area contributed by atoms with E-state index in [0.29, 0.717) is 18.9 Å². The second-order valence-electron chi connectivity index (χ2n) is 7.65. The van der Waals surface area contributed by atoms with Gasteiger partial charge in [0.15, 0.2) is 0 Å². The van der Waals surface area contributed by atoms with Crippen molar-refractivity contribution in [1.82, 2.24) is 15.2 Å². The van der Waals surface area contributed by atoms with Crippen molar-refractivity contribution in [3.05, 3.63) is 23.9 Å². The number of piperidine rings is 1. The Bertz CT molecular complexity index is 645. The van der Waals surface area contributed by atoms with Crippen molar-refractivity contribution in [2.45, 2.75) is 56.9 Å². The first-order valence-electron chi connectivity index (χ1n) is 9.19. The first-order valence-corrected chi connectivity index (χ1v) is 9.19. The third-order valence-electron chi connectivity index (χ3n) is 5.69. The summed E-state index contributed by atoms with van der Waals surface area (Å²) in [4.78, 5) is 18.0. The van der Waals surface area contributed by atoms with E-state index in [0.717, 1.165) is 38.0 Å². The number of hydrogen-bond acceptors (Lipinski definition) is 6. The van der Waals surface area contributed by atoms with Crippen LogP contribution in [0.4, 0.5) is 0 Å². The number of aromatic nitrogens is 1. The number of amides is 1. The van der Waals surface area contributed by atoms with E-state index in [1.165, 1.54) is 6.92 Å². The number of methoxy groups -OCH3 is 1. The normalized spacial score (nSPS) is 28.7. The van der Waals surface area contributed by atoms with Gasteiger partial charge in [-0.3, -0.25) is 9.69 Å². The molecular weight excluding hydrogens is 334 g/mol. The molecule has 2 atom stereocenters. The van der Waals surface area contributed by atoms with Gasteiger partial charge in [-0.05, 0) is 37.8 Å². The summed E-state index contributed by atoms with van der Waals surface area (Å²) >= 11 is 0. The van der Waals surface area contributed by atoms with Crippen molar-refractivity contribution < 1.29 is 19.4 Å². The lowest BCUT2D eigenvalue weighted by Gasteiger charge is -2.53. The molecule has 0 unspecified atom stereocenters. The lowest BCUT2D eigenvalue weighted by molar-refractivity contribution is -0.208. The molecule has 1 amide bonds. The maximum absolute atomic E-state index is 11.6. The molecule has 1 aromatic heterocycles. The lowest BCUT2D eigenvalue weighted by Crippen LogP contribution is -2.69. The minimum Gasteiger partial charge on any atom is -0.481 e. The van der Waals surface area contributed by atoms with Crippen LogP contribution in [-0.4, -0.2) is 64.9 Å². The second-order valence-corrected chi connectivity index (χ2v) is 7.65. The fraction of sp³-hybridized carbons (Fsp3) is 0.684. The van der Waals surface area contributed by atoms with E-state index in [1.807, 2.05) is 19.1 Å². The number of pyridine rings is 1. The zero-order chi connectivity index (χ0) is 18.8. The number of aliphatic hydroxyl groups excluding tert-OH is 1. The lowest BCUT2D eigenvalue weighted by atomic mass is 9.73. The van der Waals surface area contributed by atoms with Gasteiger partial charge < -0.3 is 19.9 Å². The van der Waals surface area contributed by atoms with Gasteiger partial charge in [-0.25, -0.2) is 4.98 Å². The molecule has 144 valence electrons. The van der Waals surface area contributed by atoms with Crippen molar-refractivity contribution in [1.29, 1.82) is 0 Å². The van der Waals surface area contributed by atoms with Gasteiger partial charge in [0.05, 0.1) is 18.2 Å². The number of hydrogen-bond donors (Lipinski definition) is 2. The Labute approximate surface area is 154 Å². The number of carbonyl (C=O) groups excluding carboxylic acids is 1. The Kier molecular flexibility index (Phi) is 5.50. The van der Waals surface area contributed by atoms with Gasteiger partial charge in [0.25, 0.3) is 0 Å². The third kappa shape index (κ3) is 3.84. The molecule has 2 N–H and O–H groups in total. The average molecular weight is 363 g/mol. The standard InChI is InChI=1S/C19H29N3O4/c1-14(23)21-18(2)7-11-26-19(17(18)24)5-9-22(10-6-19)13-15-4-8-20-16(12-15)25-3/h4,8,12,17,24H,5-7,9-11,13H2,1-3H3,(H,21,23)/t17-,18+/m1/s1. The highest BCUT2D eigenvalue weighted by Crippen LogP contribution is 2.40. The maximum atomic E-state index is 11.6. The Morgan fingerprint density at radius 2 is 2.19 bits per heavy atom. The van der Waals surface area contributed by atoms with Crippen LogP contribution in [0.25, 0.3) is 0 Å². The largest absolute Gasteiger partial charge is 0.481 e. The van der Waals surface area contributed by atoms with E-state index in [9.17, 15) is 9.90 Å². The van der Waals surface area contributed by atoms with E-state index < -0.39 is 17.2 Å². The average Bonchev–Trinajstić information content (AvgIpc) is 2.61. The molecule has 2 saturated heterocycles. The molecule has 1 spiro atoms. The summed E-state index contributed by atoms with van der Waals surface area (Å²) in [5.41, 5.74) is -0.0620. The topological polar surface area (TPSA) is 83.9 Å². The minimum atomic E-state index is -0.712. The summed E-state index contributed by atoms with van der Waals surface area (Å²) in [6, 6.07) is 3.94. The molecule has 2 aliphatic heterocycles. The Morgan fingerprint density at radius 3 is 2.85 bits per heavy atom. The predicted octanol–water partition coefficient (Wildman–Crippen LogP) is 1.10. The van der Waals surface area contributed by atoms with Crippen molar-refractivity contribution >= 4 is 5.91 Å². The number of aliphatic hydroxyl groups is 1. The number of nitrogens with zero attached hydrogens (tertiary/aromatic N) is 2. The number of rotatable bonds is 4. The predicted molar refractivity (Wildman–Crippen MR) is 96.8 cm³/mol. The van der Waals surface area contributed by atoms with Crippen LogP contribution in [0.5, 0.6) is 5.88 Å². The molecule has 3 rings (SSSR count). The van der Waals surface area contributed by atoms with E-state index in [-0.39, 0.29) is 5.91 Å². The van der Waals surface area contributed by atoms with Crippen LogP contribution >= 0.6 is 0 Å². The van der Waals surface area contributed by atoms with Crippen LogP contribution in [0.2, 0.25) is 0 Å². The molecule has 3 heterocycles. The Balaban J connectivity index is 1.64. The van der Waals surface area contributed by atoms with Crippen LogP contribution in [-0.2, 0) is 16.1 Å². The van der Waals surface area contributed by atoms with Crippen LogP contribution in [0, 0.1) is 0 Å². The zero-order valence-corrected chi connectivity index (χ0v) is 15.8. The summed E-state index contributed by atoms with van der Waals surface area (Å²) in [5.74, 6) is 0.501. The first-order chi connectivity index (χ1) is 12.4. The molecule has 0 aliphatic carbocycles. The van der Waals surface area contributed by atoms with E-state index >= 15 is 0 Å². The second kappa shape index (κ2) is 7.50. The maximum Gasteiger partial charge on any atom is 0.217 e. The summed E-state index contributed by atoms with van der Waals surface area (Å²) in [5, 5.41) is 14.0. The van der Waals surface area contributed by atoms with Gasteiger partial charge in [-0.15, -0.1) is 0 Å². The smallest absolute Gasteiger partial charge is 0.217 e. The van der Waals surface area contributed by atoms with Gasteiger partial charge in [0.1, 0.15) is 6.10 Å². The fourth-order valence-corrected chi connectivity index (χ4v) is 4.22. The molecule has 2 aliphatic rings. The Hall–Kier alpha value is -1.70. The Morgan fingerprint density at radius 1 is 1.46 bits per heavy atom. The van der Waals surface area contributed by atoms with E-state index in [1.54, 1.807) is 13.3 Å². The van der Waals surface area contributed by atoms with E-state index in [2.05, 4.69) is 15.2 Å². The molecule has 2 fully saturated rings. The number of likely N-dealkylation sites (tertiary alicyclic amines) is 1. The SMILES string of the molecule is COc1cc(CN2CCC3(CC2)OCC[C@](C)(NC(C)=O)[C@H]3O)ccn1. The number of ether oxygens (including phenoxy) is 2. The highest BCUT2D eigenvalue weighted by molar-refractivity contribution is 5.74. The van der Waals surface area contributed by atoms with Crippen molar-refractivity contribution in [2.24, 2.45) is 0 Å². The molecule has 1 aromatic rings. The minimum absolute atomic E-state index is 0.118. The summed E-state index contributed by atoms with van der Waals surface area (Å²) < 4.78 is 11.3. The summed E-state index contributed by atoms with van der Waals surface area (Å²) in [6.07, 6.45) is 3.15. The molecule has 0 aromatic carbocycles. The molecule has 7 nitrogen and oxygen atoms in total. The van der Waals surface area contributed by atoms with Gasteiger partial charge in [0.2, 0.25) is 11.8 Å². The highest BCUT2D eigenvalue weighted by atomic mass is 16.5.